The second-order valence-electron chi connectivity index (χ2n) is 11.3. The van der Waals surface area contributed by atoms with E-state index in [0.717, 1.165) is 68.9 Å². The molecular formula is C36H42CaO10S2. The Bertz CT molecular complexity index is 1710. The molecule has 4 aromatic carbocycles. The van der Waals surface area contributed by atoms with Crippen LogP contribution in [0.1, 0.15) is 76.3 Å². The van der Waals surface area contributed by atoms with Crippen molar-refractivity contribution in [1.82, 2.24) is 0 Å². The van der Waals surface area contributed by atoms with Crippen LogP contribution in [-0.2, 0) is 33.1 Å². The molecule has 0 amide bonds. The number of rotatable bonds is 16. The van der Waals surface area contributed by atoms with Gasteiger partial charge in [0.2, 0.25) is 0 Å². The van der Waals surface area contributed by atoms with Gasteiger partial charge in [-0.15, -0.1) is 5.75 Å². The summed E-state index contributed by atoms with van der Waals surface area (Å²) in [6, 6.07) is 20.5. The van der Waals surface area contributed by atoms with E-state index < -0.39 is 20.2 Å². The molecule has 4 rings (SSSR count). The molecule has 0 fully saturated rings. The molecule has 0 saturated heterocycles. The first-order valence-electron chi connectivity index (χ1n) is 15.9. The second-order valence-corrected chi connectivity index (χ2v) is 14.1. The van der Waals surface area contributed by atoms with Gasteiger partial charge in [0.1, 0.15) is 38.9 Å². The van der Waals surface area contributed by atoms with Crippen molar-refractivity contribution in [1.29, 1.82) is 0 Å². The number of phenolic OH excluding ortho intramolecular Hbond substituents is 1. The van der Waals surface area contributed by atoms with Crippen molar-refractivity contribution < 1.29 is 45.6 Å². The number of aryl methyl sites for hydroxylation is 2. The fraction of sp³-hybridized carbons (Fsp3) is 0.333. The molecule has 10 nitrogen and oxygen atoms in total. The second kappa shape index (κ2) is 20.7. The number of aromatic hydroxyl groups is 1. The summed E-state index contributed by atoms with van der Waals surface area (Å²) in [6.45, 7) is 4.29. The molecule has 0 unspecified atom stereocenters. The average molecular weight is 739 g/mol. The average Bonchev–Trinajstić information content (AvgIpc) is 3.03. The van der Waals surface area contributed by atoms with Gasteiger partial charge in [-0.25, -0.2) is 8.42 Å². The number of benzene rings is 4. The predicted molar refractivity (Wildman–Crippen MR) is 186 cm³/mol. The molecule has 13 heteroatoms. The molecular weight excluding hydrogens is 697 g/mol. The van der Waals surface area contributed by atoms with E-state index in [1.165, 1.54) is 61.0 Å². The van der Waals surface area contributed by atoms with Crippen molar-refractivity contribution in [3.05, 3.63) is 96.1 Å². The quantitative estimate of drug-likeness (QED) is 0.0657. The number of hydrogen-bond acceptors (Lipinski definition) is 9. The minimum absolute atomic E-state index is 0. The molecule has 0 atom stereocenters. The Balaban J connectivity index is 0.000000333. The molecule has 2 N–H and O–H groups in total. The van der Waals surface area contributed by atoms with Crippen LogP contribution in [0.25, 0.3) is 0 Å². The molecule has 4 aromatic rings. The van der Waals surface area contributed by atoms with Gasteiger partial charge in [0, 0.05) is 12.1 Å². The third kappa shape index (κ3) is 14.9. The van der Waals surface area contributed by atoms with Gasteiger partial charge in [-0.1, -0.05) is 82.7 Å². The van der Waals surface area contributed by atoms with Crippen LogP contribution in [-0.4, -0.2) is 68.8 Å². The minimum atomic E-state index is -4.55. The molecule has 0 aliphatic carbocycles. The zero-order valence-electron chi connectivity index (χ0n) is 27.8. The first-order valence-corrected chi connectivity index (χ1v) is 18.8. The van der Waals surface area contributed by atoms with Crippen molar-refractivity contribution in [2.24, 2.45) is 0 Å². The van der Waals surface area contributed by atoms with Crippen LogP contribution >= 0.6 is 0 Å². The Kier molecular flexibility index (Phi) is 17.9. The maximum Gasteiger partial charge on any atom is 2.00 e. The van der Waals surface area contributed by atoms with E-state index in [-0.39, 0.29) is 70.5 Å². The third-order valence-electron chi connectivity index (χ3n) is 7.34. The molecule has 0 heterocycles. The fourth-order valence-electron chi connectivity index (χ4n) is 4.81. The van der Waals surface area contributed by atoms with Gasteiger partial charge < -0.3 is 24.2 Å². The van der Waals surface area contributed by atoms with Crippen molar-refractivity contribution in [2.75, 3.05) is 0 Å². The van der Waals surface area contributed by atoms with Gasteiger partial charge in [-0.3, -0.25) is 4.55 Å². The molecule has 0 aliphatic rings. The normalized spacial score (nSPS) is 11.2. The van der Waals surface area contributed by atoms with Crippen LogP contribution in [0.4, 0.5) is 0 Å². The number of ether oxygens (including phenoxy) is 2. The van der Waals surface area contributed by atoms with Crippen LogP contribution in [0.15, 0.2) is 94.7 Å². The Morgan fingerprint density at radius 3 is 1.63 bits per heavy atom. The summed E-state index contributed by atoms with van der Waals surface area (Å²) in [4.78, 5) is -0.590. The zero-order valence-corrected chi connectivity index (χ0v) is 31.7. The predicted octanol–water partition coefficient (Wildman–Crippen LogP) is 7.75. The van der Waals surface area contributed by atoms with Gasteiger partial charge in [-0.2, -0.15) is 8.42 Å². The summed E-state index contributed by atoms with van der Waals surface area (Å²) in [5, 5.41) is 21.3. The van der Waals surface area contributed by atoms with Crippen LogP contribution in [0, 0.1) is 0 Å². The first kappa shape index (κ1) is 42.3. The first-order chi connectivity index (χ1) is 22.8. The van der Waals surface area contributed by atoms with E-state index in [1.807, 2.05) is 6.07 Å². The summed E-state index contributed by atoms with van der Waals surface area (Å²) in [5.74, 6) is 1.28. The van der Waals surface area contributed by atoms with Gasteiger partial charge in [0.25, 0.3) is 10.1 Å². The maximum absolute atomic E-state index is 11.6. The van der Waals surface area contributed by atoms with E-state index in [9.17, 15) is 31.6 Å². The third-order valence-corrected chi connectivity index (χ3v) is 9.02. The van der Waals surface area contributed by atoms with Gasteiger partial charge in [0.15, 0.2) is 0 Å². The summed E-state index contributed by atoms with van der Waals surface area (Å²) < 4.78 is 76.3. The van der Waals surface area contributed by atoms with Gasteiger partial charge in [-0.05, 0) is 79.3 Å². The number of unbranched alkanes of at least 4 members (excludes halogenated alkanes) is 6. The van der Waals surface area contributed by atoms with E-state index in [0.29, 0.717) is 11.5 Å². The SMILES string of the molecule is CCCCCCc1ccc(O)cc1Oc1cccc(S(=O)(=O)O)c1.CCCCCCc1ccc([O-])cc1Oc1cccc(S(=O)(=O)[O-])c1.[Ca+2]. The Hall–Kier alpha value is -2.84. The zero-order chi connectivity index (χ0) is 35.2. The van der Waals surface area contributed by atoms with Crippen molar-refractivity contribution in [3.8, 4) is 34.5 Å². The number of hydrogen-bond donors (Lipinski definition) is 2. The van der Waals surface area contributed by atoms with Gasteiger partial charge in [0.05, 0.1) is 9.79 Å². The van der Waals surface area contributed by atoms with Crippen LogP contribution in [0.5, 0.6) is 34.5 Å². The van der Waals surface area contributed by atoms with Crippen LogP contribution in [0.2, 0.25) is 0 Å². The van der Waals surface area contributed by atoms with Gasteiger partial charge >= 0.3 is 37.7 Å². The molecule has 0 aliphatic heterocycles. The van der Waals surface area contributed by atoms with Crippen molar-refractivity contribution in [2.45, 2.75) is 87.8 Å². The molecule has 0 bridgehead atoms. The molecule has 260 valence electrons. The minimum Gasteiger partial charge on any atom is -0.872 e. The Labute approximate surface area is 319 Å². The Morgan fingerprint density at radius 2 is 1.12 bits per heavy atom. The van der Waals surface area contributed by atoms with E-state index in [4.69, 9.17) is 14.0 Å². The molecule has 0 saturated carbocycles. The van der Waals surface area contributed by atoms with Crippen molar-refractivity contribution >= 4 is 58.0 Å². The standard InChI is InChI=1S/2C18H22O5S.Ca/c2*1-2-3-4-5-7-14-10-11-15(19)12-18(14)23-16-8-6-9-17(13-16)24(20,21)22;/h2*6,8-13,19H,2-5,7H2,1H3,(H,20,21,22);/q;;+2/p-2. The maximum atomic E-state index is 11.6. The topological polar surface area (TPSA) is 173 Å². The summed E-state index contributed by atoms with van der Waals surface area (Å²) >= 11 is 0. The van der Waals surface area contributed by atoms with E-state index >= 15 is 0 Å². The molecule has 49 heavy (non-hydrogen) atoms. The Morgan fingerprint density at radius 1 is 0.633 bits per heavy atom. The summed E-state index contributed by atoms with van der Waals surface area (Å²) in [7, 11) is -8.83. The fourth-order valence-corrected chi connectivity index (χ4v) is 5.83. The van der Waals surface area contributed by atoms with Crippen molar-refractivity contribution in [3.63, 3.8) is 0 Å². The summed E-state index contributed by atoms with van der Waals surface area (Å²) in [6.07, 6.45) is 10.4. The summed E-state index contributed by atoms with van der Waals surface area (Å²) in [5.41, 5.74) is 1.84. The molecule has 0 aromatic heterocycles. The monoisotopic (exact) mass is 738 g/mol. The van der Waals surface area contributed by atoms with E-state index in [1.54, 1.807) is 24.3 Å². The molecule has 0 radical (unpaired) electrons. The number of phenols is 1. The van der Waals surface area contributed by atoms with Crippen LogP contribution < -0.4 is 14.6 Å². The largest absolute Gasteiger partial charge is 2.00 e. The molecule has 0 spiro atoms. The smallest absolute Gasteiger partial charge is 0.872 e. The van der Waals surface area contributed by atoms with E-state index in [2.05, 4.69) is 13.8 Å². The van der Waals surface area contributed by atoms with Crippen LogP contribution in [0.3, 0.4) is 0 Å².